The van der Waals surface area contributed by atoms with Gasteiger partial charge in [-0.05, 0) is 38.1 Å². The number of benzene rings is 2. The smallest absolute Gasteiger partial charge is 0.240 e. The lowest BCUT2D eigenvalue weighted by Crippen LogP contribution is -2.41. The summed E-state index contributed by atoms with van der Waals surface area (Å²) in [6, 6.07) is 14.3. The molecule has 0 fully saturated rings. The van der Waals surface area contributed by atoms with Crippen molar-refractivity contribution in [3.63, 3.8) is 0 Å². The van der Waals surface area contributed by atoms with E-state index in [0.29, 0.717) is 23.5 Å². The van der Waals surface area contributed by atoms with E-state index in [4.69, 9.17) is 0 Å². The first-order chi connectivity index (χ1) is 13.2. The van der Waals surface area contributed by atoms with Crippen LogP contribution in [0.2, 0.25) is 0 Å². The molecule has 0 spiro atoms. The Balaban J connectivity index is 1.95. The number of ketones is 1. The minimum Gasteiger partial charge on any atom is -0.354 e. The second-order valence-electron chi connectivity index (χ2n) is 6.39. The second-order valence-corrected chi connectivity index (χ2v) is 9.46. The number of carbonyl (C=O) groups excluding carboxylic acids is 2. The molecule has 0 saturated heterocycles. The molecule has 8 heteroatoms. The number of aryl methyl sites for hydroxylation is 1. The molecule has 0 bridgehead atoms. The zero-order valence-electron chi connectivity index (χ0n) is 16.1. The number of nitrogens with zero attached hydrogens (tertiary/aromatic N) is 1. The molecule has 0 atom stereocenters. The Morgan fingerprint density at radius 2 is 1.79 bits per heavy atom. The third-order valence-electron chi connectivity index (χ3n) is 3.94. The standard InChI is InChI=1S/C20H24N2O4S2/c1-15-7-9-19(10-8-15)27-12-11-21-20(24)14-22(28(3,25)26)18-6-4-5-17(13-18)16(2)23/h4-10,13H,11-12,14H2,1-3H3,(H,21,24). The number of carbonyl (C=O) groups is 2. The molecule has 0 aromatic heterocycles. The van der Waals surface area contributed by atoms with Crippen molar-refractivity contribution in [2.24, 2.45) is 0 Å². The van der Waals surface area contributed by atoms with E-state index in [9.17, 15) is 18.0 Å². The monoisotopic (exact) mass is 420 g/mol. The Bertz CT molecular complexity index is 941. The molecule has 2 rings (SSSR count). The number of sulfonamides is 1. The van der Waals surface area contributed by atoms with Crippen molar-refractivity contribution < 1.29 is 18.0 Å². The van der Waals surface area contributed by atoms with Crippen molar-refractivity contribution in [2.45, 2.75) is 18.7 Å². The average Bonchev–Trinajstić information content (AvgIpc) is 2.64. The Morgan fingerprint density at radius 3 is 2.39 bits per heavy atom. The van der Waals surface area contributed by atoms with Crippen LogP contribution in [0.4, 0.5) is 5.69 Å². The Morgan fingerprint density at radius 1 is 1.11 bits per heavy atom. The van der Waals surface area contributed by atoms with Crippen LogP contribution in [-0.2, 0) is 14.8 Å². The van der Waals surface area contributed by atoms with E-state index in [2.05, 4.69) is 5.32 Å². The highest BCUT2D eigenvalue weighted by molar-refractivity contribution is 7.99. The van der Waals surface area contributed by atoms with Crippen molar-refractivity contribution >= 4 is 39.2 Å². The van der Waals surface area contributed by atoms with Crippen LogP contribution in [0.1, 0.15) is 22.8 Å². The zero-order valence-corrected chi connectivity index (χ0v) is 17.8. The topological polar surface area (TPSA) is 83.6 Å². The highest BCUT2D eigenvalue weighted by Gasteiger charge is 2.21. The highest BCUT2D eigenvalue weighted by atomic mass is 32.2. The molecular weight excluding hydrogens is 396 g/mol. The van der Waals surface area contributed by atoms with Crippen molar-refractivity contribution in [2.75, 3.05) is 29.4 Å². The van der Waals surface area contributed by atoms with Gasteiger partial charge in [-0.25, -0.2) is 8.42 Å². The maximum Gasteiger partial charge on any atom is 0.240 e. The SMILES string of the molecule is CC(=O)c1cccc(N(CC(=O)NCCSc2ccc(C)cc2)S(C)(=O)=O)c1. The molecule has 2 aromatic rings. The van der Waals surface area contributed by atoms with E-state index in [1.165, 1.54) is 18.6 Å². The van der Waals surface area contributed by atoms with Crippen molar-refractivity contribution in [3.05, 3.63) is 59.7 Å². The lowest BCUT2D eigenvalue weighted by molar-refractivity contribution is -0.119. The zero-order chi connectivity index (χ0) is 20.7. The fraction of sp³-hybridized carbons (Fsp3) is 0.300. The number of hydrogen-bond acceptors (Lipinski definition) is 5. The maximum atomic E-state index is 12.3. The molecule has 0 radical (unpaired) electrons. The van der Waals surface area contributed by atoms with Crippen molar-refractivity contribution in [1.82, 2.24) is 5.32 Å². The lowest BCUT2D eigenvalue weighted by atomic mass is 10.1. The third kappa shape index (κ3) is 6.69. The lowest BCUT2D eigenvalue weighted by Gasteiger charge is -2.22. The summed E-state index contributed by atoms with van der Waals surface area (Å²) < 4.78 is 25.3. The van der Waals surface area contributed by atoms with Gasteiger partial charge in [0.15, 0.2) is 5.78 Å². The molecule has 0 heterocycles. The number of Topliss-reactive ketones (excluding diaryl/α,β-unsaturated/α-hetero) is 1. The van der Waals surface area contributed by atoms with Gasteiger partial charge in [-0.3, -0.25) is 13.9 Å². The van der Waals surface area contributed by atoms with Gasteiger partial charge in [0.2, 0.25) is 15.9 Å². The van der Waals surface area contributed by atoms with E-state index >= 15 is 0 Å². The van der Waals surface area contributed by atoms with Crippen molar-refractivity contribution in [3.8, 4) is 0 Å². The first kappa shape index (κ1) is 22.0. The summed E-state index contributed by atoms with van der Waals surface area (Å²) in [5, 5.41) is 2.74. The summed E-state index contributed by atoms with van der Waals surface area (Å²) in [6.07, 6.45) is 1.04. The van der Waals surface area contributed by atoms with Gasteiger partial charge in [0.1, 0.15) is 6.54 Å². The highest BCUT2D eigenvalue weighted by Crippen LogP contribution is 2.20. The van der Waals surface area contributed by atoms with Crippen LogP contribution in [0.5, 0.6) is 0 Å². The van der Waals surface area contributed by atoms with Gasteiger partial charge in [-0.15, -0.1) is 11.8 Å². The molecule has 0 saturated carbocycles. The second kappa shape index (κ2) is 9.75. The summed E-state index contributed by atoms with van der Waals surface area (Å²) in [4.78, 5) is 24.9. The van der Waals surface area contributed by atoms with Crippen LogP contribution in [0.15, 0.2) is 53.4 Å². The molecule has 0 aliphatic carbocycles. The van der Waals surface area contributed by atoms with Crippen molar-refractivity contribution in [1.29, 1.82) is 0 Å². The Labute approximate surface area is 170 Å². The summed E-state index contributed by atoms with van der Waals surface area (Å²) in [5.74, 6) is 0.101. The predicted molar refractivity (Wildman–Crippen MR) is 114 cm³/mol. The molecule has 0 aliphatic rings. The van der Waals surface area contributed by atoms with Gasteiger partial charge in [-0.2, -0.15) is 0 Å². The first-order valence-electron chi connectivity index (χ1n) is 8.71. The maximum absolute atomic E-state index is 12.3. The Kier molecular flexibility index (Phi) is 7.65. The third-order valence-corrected chi connectivity index (χ3v) is 6.10. The normalized spacial score (nSPS) is 11.1. The quantitative estimate of drug-likeness (QED) is 0.383. The minimum atomic E-state index is -3.68. The number of rotatable bonds is 9. The number of nitrogens with one attached hydrogen (secondary N) is 1. The van der Waals surface area contributed by atoms with Gasteiger partial charge in [-0.1, -0.05) is 29.8 Å². The number of amides is 1. The van der Waals surface area contributed by atoms with E-state index in [1.807, 2.05) is 31.2 Å². The number of thioether (sulfide) groups is 1. The molecule has 6 nitrogen and oxygen atoms in total. The average molecular weight is 421 g/mol. The first-order valence-corrected chi connectivity index (χ1v) is 11.5. The molecule has 28 heavy (non-hydrogen) atoms. The van der Waals surface area contributed by atoms with Crippen LogP contribution in [-0.4, -0.2) is 45.2 Å². The van der Waals surface area contributed by atoms with Gasteiger partial charge in [0.25, 0.3) is 0 Å². The van der Waals surface area contributed by atoms with E-state index in [-0.39, 0.29) is 12.3 Å². The largest absolute Gasteiger partial charge is 0.354 e. The Hall–Kier alpha value is -2.32. The number of hydrogen-bond donors (Lipinski definition) is 1. The number of anilines is 1. The molecule has 1 N–H and O–H groups in total. The van der Waals surface area contributed by atoms with Crippen LogP contribution < -0.4 is 9.62 Å². The van der Waals surface area contributed by atoms with Crippen LogP contribution in [0.3, 0.4) is 0 Å². The predicted octanol–water partition coefficient (Wildman–Crippen LogP) is 2.87. The summed E-state index contributed by atoms with van der Waals surface area (Å²) in [6.45, 7) is 3.51. The molecule has 150 valence electrons. The van der Waals surface area contributed by atoms with Gasteiger partial charge in [0.05, 0.1) is 11.9 Å². The minimum absolute atomic E-state index is 0.173. The van der Waals surface area contributed by atoms with Gasteiger partial charge < -0.3 is 5.32 Å². The van der Waals surface area contributed by atoms with Crippen LogP contribution in [0, 0.1) is 6.92 Å². The van der Waals surface area contributed by atoms with E-state index in [0.717, 1.165) is 15.5 Å². The summed E-state index contributed by atoms with van der Waals surface area (Å²) in [7, 11) is -3.68. The molecule has 0 unspecified atom stereocenters. The fourth-order valence-corrected chi connectivity index (χ4v) is 4.08. The van der Waals surface area contributed by atoms with Crippen LogP contribution in [0.25, 0.3) is 0 Å². The van der Waals surface area contributed by atoms with Gasteiger partial charge >= 0.3 is 0 Å². The van der Waals surface area contributed by atoms with Gasteiger partial charge in [0, 0.05) is 22.8 Å². The summed E-state index contributed by atoms with van der Waals surface area (Å²) in [5.41, 5.74) is 1.87. The molecule has 2 aromatic carbocycles. The summed E-state index contributed by atoms with van der Waals surface area (Å²) >= 11 is 1.61. The molecular formula is C20H24N2O4S2. The van der Waals surface area contributed by atoms with E-state index in [1.54, 1.807) is 30.0 Å². The fourth-order valence-electron chi connectivity index (χ4n) is 2.46. The molecule has 0 aliphatic heterocycles. The molecule has 1 amide bonds. The van der Waals surface area contributed by atoms with Crippen LogP contribution >= 0.6 is 11.8 Å². The van der Waals surface area contributed by atoms with E-state index < -0.39 is 15.9 Å².